The summed E-state index contributed by atoms with van der Waals surface area (Å²) in [5.41, 5.74) is 10.6. The first-order valence-corrected chi connectivity index (χ1v) is 11.0. The number of nitrogens with zero attached hydrogens (tertiary/aromatic N) is 4. The van der Waals surface area contributed by atoms with Crippen LogP contribution in [0.2, 0.25) is 0 Å². The number of aliphatic hydroxyl groups is 1. The van der Waals surface area contributed by atoms with Crippen molar-refractivity contribution in [1.29, 1.82) is 0 Å². The third-order valence-electron chi connectivity index (χ3n) is 6.07. The molecule has 1 aliphatic heterocycles. The van der Waals surface area contributed by atoms with Gasteiger partial charge in [-0.2, -0.15) is 0 Å². The SMILES string of the molecule is [N-]=[N+]=NC1CC[C@@H]([C@@H](C2CC2)N(Cc2ccccc2)C(=O)OCc2ccccc2)OC1O. The van der Waals surface area contributed by atoms with E-state index in [0.717, 1.165) is 24.0 Å². The minimum Gasteiger partial charge on any atom is -0.445 e. The van der Waals surface area contributed by atoms with Crippen LogP contribution in [-0.2, 0) is 22.6 Å². The lowest BCUT2D eigenvalue weighted by molar-refractivity contribution is -0.190. The zero-order valence-electron chi connectivity index (χ0n) is 17.9. The molecular weight excluding hydrogens is 408 g/mol. The van der Waals surface area contributed by atoms with Crippen LogP contribution in [0.3, 0.4) is 0 Å². The van der Waals surface area contributed by atoms with Crippen molar-refractivity contribution >= 4 is 6.09 Å². The van der Waals surface area contributed by atoms with E-state index in [1.807, 2.05) is 60.7 Å². The predicted molar refractivity (Wildman–Crippen MR) is 118 cm³/mol. The fourth-order valence-corrected chi connectivity index (χ4v) is 4.32. The molecule has 8 nitrogen and oxygen atoms in total. The van der Waals surface area contributed by atoms with E-state index in [9.17, 15) is 9.90 Å². The Morgan fingerprint density at radius 2 is 1.75 bits per heavy atom. The maximum Gasteiger partial charge on any atom is 0.410 e. The Kier molecular flexibility index (Phi) is 7.27. The zero-order valence-corrected chi connectivity index (χ0v) is 17.9. The zero-order chi connectivity index (χ0) is 22.3. The second-order valence-corrected chi connectivity index (χ2v) is 8.40. The number of carbonyl (C=O) groups excluding carboxylic acids is 1. The summed E-state index contributed by atoms with van der Waals surface area (Å²) in [6.45, 7) is 0.584. The molecule has 1 amide bonds. The molecule has 8 heteroatoms. The Hall–Kier alpha value is -3.06. The van der Waals surface area contributed by atoms with Crippen LogP contribution in [0.5, 0.6) is 0 Å². The fourth-order valence-electron chi connectivity index (χ4n) is 4.32. The number of carbonyl (C=O) groups is 1. The number of azide groups is 1. The molecule has 2 fully saturated rings. The number of hydrogen-bond acceptors (Lipinski definition) is 5. The van der Waals surface area contributed by atoms with Gasteiger partial charge in [-0.15, -0.1) is 0 Å². The van der Waals surface area contributed by atoms with Crippen LogP contribution < -0.4 is 0 Å². The highest BCUT2D eigenvalue weighted by Crippen LogP contribution is 2.41. The summed E-state index contributed by atoms with van der Waals surface area (Å²) >= 11 is 0. The summed E-state index contributed by atoms with van der Waals surface area (Å²) in [6, 6.07) is 18.6. The van der Waals surface area contributed by atoms with Crippen LogP contribution >= 0.6 is 0 Å². The van der Waals surface area contributed by atoms with Gasteiger partial charge in [0.05, 0.1) is 18.2 Å². The lowest BCUT2D eigenvalue weighted by Crippen LogP contribution is -2.53. The van der Waals surface area contributed by atoms with Crippen LogP contribution in [0, 0.1) is 5.92 Å². The standard InChI is InChI=1S/C24H28N4O4/c25-27-26-20-13-14-21(32-23(20)29)22(19-11-12-19)28(15-17-7-3-1-4-8-17)24(30)31-16-18-9-5-2-6-10-18/h1-10,19-23,29H,11-16H2/t20?,21-,22+,23?/m0/s1. The van der Waals surface area contributed by atoms with Gasteiger partial charge in [-0.1, -0.05) is 65.8 Å². The van der Waals surface area contributed by atoms with Gasteiger partial charge < -0.3 is 14.6 Å². The van der Waals surface area contributed by atoms with Crippen LogP contribution in [0.15, 0.2) is 65.8 Å². The van der Waals surface area contributed by atoms with E-state index in [1.54, 1.807) is 4.90 Å². The smallest absolute Gasteiger partial charge is 0.410 e. The van der Waals surface area contributed by atoms with Gasteiger partial charge in [-0.05, 0) is 48.3 Å². The van der Waals surface area contributed by atoms with E-state index in [-0.39, 0.29) is 24.7 Å². The summed E-state index contributed by atoms with van der Waals surface area (Å²) in [5.74, 6) is 0.288. The van der Waals surface area contributed by atoms with Crippen LogP contribution in [0.25, 0.3) is 10.4 Å². The fraction of sp³-hybridized carbons (Fsp3) is 0.458. The van der Waals surface area contributed by atoms with Gasteiger partial charge in [0.25, 0.3) is 0 Å². The summed E-state index contributed by atoms with van der Waals surface area (Å²) in [7, 11) is 0. The van der Waals surface area contributed by atoms with Crippen molar-refractivity contribution in [3.8, 4) is 0 Å². The first kappa shape index (κ1) is 22.1. The quantitative estimate of drug-likeness (QED) is 0.365. The molecule has 1 saturated carbocycles. The molecule has 4 rings (SSSR count). The summed E-state index contributed by atoms with van der Waals surface area (Å²) in [5, 5.41) is 14.0. The average molecular weight is 437 g/mol. The molecule has 2 aromatic rings. The maximum atomic E-state index is 13.3. The maximum absolute atomic E-state index is 13.3. The number of rotatable bonds is 8. The van der Waals surface area contributed by atoms with Crippen molar-refractivity contribution < 1.29 is 19.4 Å². The molecule has 4 atom stereocenters. The molecule has 1 aliphatic carbocycles. The second-order valence-electron chi connectivity index (χ2n) is 8.40. The highest BCUT2D eigenvalue weighted by molar-refractivity contribution is 5.68. The van der Waals surface area contributed by atoms with Crippen molar-refractivity contribution in [2.75, 3.05) is 0 Å². The van der Waals surface area contributed by atoms with E-state index in [4.69, 9.17) is 15.0 Å². The second kappa shape index (κ2) is 10.5. The number of hydrogen-bond donors (Lipinski definition) is 1. The van der Waals surface area contributed by atoms with Gasteiger partial charge in [0.1, 0.15) is 6.61 Å². The molecule has 32 heavy (non-hydrogen) atoms. The first-order chi connectivity index (χ1) is 15.7. The molecule has 0 spiro atoms. The lowest BCUT2D eigenvalue weighted by atomic mass is 9.94. The number of ether oxygens (including phenoxy) is 2. The molecule has 2 unspecified atom stereocenters. The van der Waals surface area contributed by atoms with Crippen LogP contribution in [0.1, 0.15) is 36.8 Å². The van der Waals surface area contributed by atoms with Crippen molar-refractivity contribution in [3.63, 3.8) is 0 Å². The van der Waals surface area contributed by atoms with Crippen LogP contribution in [0.4, 0.5) is 4.79 Å². The Morgan fingerprint density at radius 1 is 1.09 bits per heavy atom. The van der Waals surface area contributed by atoms with Gasteiger partial charge in [-0.3, -0.25) is 4.90 Å². The largest absolute Gasteiger partial charge is 0.445 e. The molecule has 1 saturated heterocycles. The van der Waals surface area contributed by atoms with E-state index in [2.05, 4.69) is 10.0 Å². The van der Waals surface area contributed by atoms with E-state index in [0.29, 0.717) is 19.4 Å². The van der Waals surface area contributed by atoms with Gasteiger partial charge >= 0.3 is 6.09 Å². The van der Waals surface area contributed by atoms with Crippen molar-refractivity contribution in [2.45, 2.75) is 63.3 Å². The highest BCUT2D eigenvalue weighted by Gasteiger charge is 2.46. The van der Waals surface area contributed by atoms with Crippen molar-refractivity contribution in [3.05, 3.63) is 82.2 Å². The van der Waals surface area contributed by atoms with Gasteiger partial charge in [0.15, 0.2) is 6.29 Å². The molecule has 0 aromatic heterocycles. The molecular formula is C24H28N4O4. The third kappa shape index (κ3) is 5.59. The summed E-state index contributed by atoms with van der Waals surface area (Å²) < 4.78 is 11.6. The molecule has 2 aliphatic rings. The van der Waals surface area contributed by atoms with Gasteiger partial charge in [-0.25, -0.2) is 4.79 Å². The minimum absolute atomic E-state index is 0.190. The van der Waals surface area contributed by atoms with Crippen LogP contribution in [-0.4, -0.2) is 40.6 Å². The number of amides is 1. The van der Waals surface area contributed by atoms with Crippen molar-refractivity contribution in [1.82, 2.24) is 4.90 Å². The average Bonchev–Trinajstić information content (AvgIpc) is 3.65. The Balaban J connectivity index is 1.53. The first-order valence-electron chi connectivity index (χ1n) is 11.0. The molecule has 168 valence electrons. The Labute approximate surface area is 187 Å². The Morgan fingerprint density at radius 3 is 2.34 bits per heavy atom. The normalized spacial score (nSPS) is 23.6. The number of benzene rings is 2. The summed E-state index contributed by atoms with van der Waals surface area (Å²) in [4.78, 5) is 17.9. The lowest BCUT2D eigenvalue weighted by Gasteiger charge is -2.41. The highest BCUT2D eigenvalue weighted by atomic mass is 16.6. The predicted octanol–water partition coefficient (Wildman–Crippen LogP) is 4.78. The van der Waals surface area contributed by atoms with Crippen molar-refractivity contribution in [2.24, 2.45) is 11.0 Å². The number of aliphatic hydroxyl groups excluding tert-OH is 1. The topological polar surface area (TPSA) is 108 Å². The van der Waals surface area contributed by atoms with Gasteiger partial charge in [0.2, 0.25) is 0 Å². The summed E-state index contributed by atoms with van der Waals surface area (Å²) in [6.07, 6.45) is 1.18. The van der Waals surface area contributed by atoms with E-state index in [1.165, 1.54) is 0 Å². The monoisotopic (exact) mass is 436 g/mol. The molecule has 0 radical (unpaired) electrons. The third-order valence-corrected chi connectivity index (χ3v) is 6.07. The van der Waals surface area contributed by atoms with Gasteiger partial charge in [0, 0.05) is 11.5 Å². The molecule has 0 bridgehead atoms. The van der Waals surface area contributed by atoms with E-state index >= 15 is 0 Å². The molecule has 1 N–H and O–H groups in total. The molecule has 1 heterocycles. The van der Waals surface area contributed by atoms with E-state index < -0.39 is 18.4 Å². The minimum atomic E-state index is -1.18. The molecule has 2 aromatic carbocycles. The Bertz CT molecular complexity index is 932.